The summed E-state index contributed by atoms with van der Waals surface area (Å²) in [5.41, 5.74) is 5.63. The van der Waals surface area contributed by atoms with Gasteiger partial charge >= 0.3 is 6.03 Å². The van der Waals surface area contributed by atoms with E-state index < -0.39 is 0 Å². The van der Waals surface area contributed by atoms with Crippen molar-refractivity contribution in [3.05, 3.63) is 71.3 Å². The molecular formula is C30H31N9O3. The summed E-state index contributed by atoms with van der Waals surface area (Å²) >= 11 is 0. The number of carbonyl (C=O) groups excluding carboxylic acids is 3. The Morgan fingerprint density at radius 3 is 2.62 bits per heavy atom. The second-order valence-corrected chi connectivity index (χ2v) is 11.4. The van der Waals surface area contributed by atoms with Crippen molar-refractivity contribution in [3.63, 3.8) is 0 Å². The molecule has 3 aliphatic rings. The van der Waals surface area contributed by atoms with Gasteiger partial charge in [0.05, 0.1) is 17.9 Å². The van der Waals surface area contributed by atoms with Crippen molar-refractivity contribution < 1.29 is 14.4 Å². The molecule has 0 aromatic carbocycles. The number of fused-ring (bicyclic) bond motifs is 1. The third-order valence-electron chi connectivity index (χ3n) is 8.08. The number of hydrogen-bond donors (Lipinski definition) is 2. The van der Waals surface area contributed by atoms with E-state index in [0.717, 1.165) is 52.5 Å². The molecule has 2 saturated carbocycles. The van der Waals surface area contributed by atoms with E-state index in [4.69, 9.17) is 4.98 Å². The fraction of sp³-hybridized carbons (Fsp3) is 0.367. The van der Waals surface area contributed by atoms with Crippen LogP contribution in [0.3, 0.4) is 0 Å². The number of imidazole rings is 1. The Morgan fingerprint density at radius 1 is 1.05 bits per heavy atom. The maximum absolute atomic E-state index is 12.9. The Bertz CT molecular complexity index is 1760. The number of aromatic nitrogens is 5. The number of carbonyl (C=O) groups is 3. The summed E-state index contributed by atoms with van der Waals surface area (Å²) < 4.78 is 1.95. The predicted molar refractivity (Wildman–Crippen MR) is 155 cm³/mol. The maximum Gasteiger partial charge on any atom is 0.331 e. The number of anilines is 3. The first-order valence-electron chi connectivity index (χ1n) is 14.2. The number of pyridine rings is 2. The van der Waals surface area contributed by atoms with Crippen LogP contribution >= 0.6 is 0 Å². The Hall–Kier alpha value is -4.87. The molecule has 12 heteroatoms. The Kier molecular flexibility index (Phi) is 6.14. The summed E-state index contributed by atoms with van der Waals surface area (Å²) in [6.45, 7) is 4.21. The highest BCUT2D eigenvalue weighted by Crippen LogP contribution is 2.46. The number of urea groups is 1. The molecule has 12 nitrogen and oxygen atoms in total. The van der Waals surface area contributed by atoms with E-state index in [-0.39, 0.29) is 36.2 Å². The minimum atomic E-state index is -0.344. The smallest absolute Gasteiger partial charge is 0.331 e. The quantitative estimate of drug-likeness (QED) is 0.308. The van der Waals surface area contributed by atoms with Crippen LogP contribution < -0.4 is 15.5 Å². The zero-order chi connectivity index (χ0) is 29.1. The van der Waals surface area contributed by atoms with Crippen LogP contribution in [0.4, 0.5) is 22.0 Å². The van der Waals surface area contributed by atoms with Crippen LogP contribution in [0, 0.1) is 19.8 Å². The van der Waals surface area contributed by atoms with E-state index in [0.29, 0.717) is 35.4 Å². The second kappa shape index (κ2) is 9.89. The lowest BCUT2D eigenvalue weighted by atomic mass is 10.1. The van der Waals surface area contributed by atoms with Crippen LogP contribution in [0.1, 0.15) is 59.6 Å². The van der Waals surface area contributed by atoms with E-state index in [9.17, 15) is 14.4 Å². The molecule has 2 aliphatic carbocycles. The normalized spacial score (nSPS) is 20.0. The van der Waals surface area contributed by atoms with Crippen molar-refractivity contribution in [1.82, 2.24) is 29.2 Å². The molecule has 4 amide bonds. The van der Waals surface area contributed by atoms with Crippen LogP contribution in [-0.2, 0) is 16.1 Å². The molecular weight excluding hydrogens is 534 g/mol. The van der Waals surface area contributed by atoms with E-state index in [2.05, 4.69) is 31.8 Å². The van der Waals surface area contributed by atoms with Gasteiger partial charge < -0.3 is 15.0 Å². The molecule has 2 N–H and O–H groups in total. The average Bonchev–Trinajstić information content (AvgIpc) is 3.88. The summed E-state index contributed by atoms with van der Waals surface area (Å²) in [5, 5.41) is 6.35. The standard InChI is InChI=1S/C30H31N9O3/c1-16-6-7-31-27(34-16)22-11-23(22)29(41)36-25-10-20(8-17(2)33-25)32-12-21-14-38-13-19(18-4-5-18)9-24(28(38)35-21)39-15-26(40)37(3)30(39)42/h6-10,13-14,18,22-23H,4-5,11-12,15H2,1-3H3,(H2,32,33,36,41)/t22-,23-/m0/s1. The van der Waals surface area contributed by atoms with Gasteiger partial charge in [-0.3, -0.25) is 19.4 Å². The molecule has 2 atom stereocenters. The lowest BCUT2D eigenvalue weighted by Crippen LogP contribution is -2.30. The van der Waals surface area contributed by atoms with Crippen molar-refractivity contribution in [2.75, 3.05) is 29.1 Å². The Labute approximate surface area is 242 Å². The van der Waals surface area contributed by atoms with Crippen molar-refractivity contribution in [2.45, 2.75) is 51.5 Å². The van der Waals surface area contributed by atoms with Crippen LogP contribution in [0.25, 0.3) is 5.65 Å². The average molecular weight is 566 g/mol. The molecule has 42 heavy (non-hydrogen) atoms. The van der Waals surface area contributed by atoms with E-state index in [1.54, 1.807) is 6.20 Å². The van der Waals surface area contributed by atoms with Gasteiger partial charge in [0.2, 0.25) is 11.8 Å². The monoisotopic (exact) mass is 565 g/mol. The molecule has 7 rings (SSSR count). The third kappa shape index (κ3) is 4.93. The number of hydrogen-bond acceptors (Lipinski definition) is 8. The molecule has 3 fully saturated rings. The van der Waals surface area contributed by atoms with Gasteiger partial charge in [-0.25, -0.2) is 24.7 Å². The van der Waals surface area contributed by atoms with Gasteiger partial charge in [0.1, 0.15) is 18.2 Å². The summed E-state index contributed by atoms with van der Waals surface area (Å²) in [7, 11) is 1.50. The van der Waals surface area contributed by atoms with E-state index in [1.807, 2.05) is 48.7 Å². The first kappa shape index (κ1) is 26.1. The number of rotatable bonds is 8. The molecule has 5 heterocycles. The molecule has 0 bridgehead atoms. The molecule has 214 valence electrons. The number of imide groups is 1. The summed E-state index contributed by atoms with van der Waals surface area (Å²) in [4.78, 5) is 58.8. The molecule has 0 unspecified atom stereocenters. The van der Waals surface area contributed by atoms with Gasteiger partial charge in [0.15, 0.2) is 5.65 Å². The van der Waals surface area contributed by atoms with Gasteiger partial charge in [0.25, 0.3) is 0 Å². The molecule has 1 saturated heterocycles. The number of likely N-dealkylation sites (N-methyl/N-ethyl adjacent to an activating group) is 1. The predicted octanol–water partition coefficient (Wildman–Crippen LogP) is 3.77. The van der Waals surface area contributed by atoms with Crippen molar-refractivity contribution in [3.8, 4) is 0 Å². The van der Waals surface area contributed by atoms with Gasteiger partial charge in [-0.2, -0.15) is 0 Å². The maximum atomic E-state index is 12.9. The minimum absolute atomic E-state index is 0.00393. The molecule has 1 aliphatic heterocycles. The van der Waals surface area contributed by atoms with Gasteiger partial charge in [-0.05, 0) is 62.8 Å². The van der Waals surface area contributed by atoms with Gasteiger partial charge in [0, 0.05) is 60.6 Å². The third-order valence-corrected chi connectivity index (χ3v) is 8.08. The fourth-order valence-electron chi connectivity index (χ4n) is 5.52. The first-order chi connectivity index (χ1) is 20.2. The van der Waals surface area contributed by atoms with Gasteiger partial charge in [-0.1, -0.05) is 0 Å². The lowest BCUT2D eigenvalue weighted by molar-refractivity contribution is -0.124. The zero-order valence-electron chi connectivity index (χ0n) is 23.7. The molecule has 4 aromatic rings. The number of nitrogens with one attached hydrogen (secondary N) is 2. The van der Waals surface area contributed by atoms with Gasteiger partial charge in [-0.15, -0.1) is 0 Å². The highest BCUT2D eigenvalue weighted by Gasteiger charge is 2.46. The molecule has 0 spiro atoms. The Balaban J connectivity index is 1.07. The van der Waals surface area contributed by atoms with E-state index in [1.165, 1.54) is 11.9 Å². The zero-order valence-corrected chi connectivity index (χ0v) is 23.7. The van der Waals surface area contributed by atoms with Crippen LogP contribution in [0.15, 0.2) is 42.9 Å². The van der Waals surface area contributed by atoms with Crippen LogP contribution in [0.5, 0.6) is 0 Å². The number of nitrogens with zero attached hydrogens (tertiary/aromatic N) is 7. The number of aryl methyl sites for hydroxylation is 2. The number of amides is 4. The molecule has 4 aromatic heterocycles. The largest absolute Gasteiger partial charge is 0.379 e. The highest BCUT2D eigenvalue weighted by atomic mass is 16.2. The molecule has 0 radical (unpaired) electrons. The topological polar surface area (TPSA) is 138 Å². The second-order valence-electron chi connectivity index (χ2n) is 11.4. The first-order valence-corrected chi connectivity index (χ1v) is 14.2. The van der Waals surface area contributed by atoms with Crippen LogP contribution in [0.2, 0.25) is 0 Å². The minimum Gasteiger partial charge on any atom is -0.379 e. The fourth-order valence-corrected chi connectivity index (χ4v) is 5.52. The summed E-state index contributed by atoms with van der Waals surface area (Å²) in [5.74, 6) is 1.19. The highest BCUT2D eigenvalue weighted by molar-refractivity contribution is 6.13. The SMILES string of the molecule is Cc1cc(NCc2cn3cc(C4CC4)cc(N4CC(=O)N(C)C4=O)c3n2)cc(NC(=O)[C@H]2C[C@@H]2c2nccc(C)n2)n1. The van der Waals surface area contributed by atoms with Crippen molar-refractivity contribution >= 4 is 40.7 Å². The lowest BCUT2D eigenvalue weighted by Gasteiger charge is -2.17. The van der Waals surface area contributed by atoms with Crippen molar-refractivity contribution in [1.29, 1.82) is 0 Å². The summed E-state index contributed by atoms with van der Waals surface area (Å²) in [6, 6.07) is 7.22. The van der Waals surface area contributed by atoms with Crippen molar-refractivity contribution in [2.24, 2.45) is 5.92 Å². The van der Waals surface area contributed by atoms with Crippen LogP contribution in [-0.4, -0.2) is 60.7 Å². The Morgan fingerprint density at radius 2 is 1.88 bits per heavy atom. The summed E-state index contributed by atoms with van der Waals surface area (Å²) in [6.07, 6.45) is 8.69. The van der Waals surface area contributed by atoms with E-state index >= 15 is 0 Å².